The Kier molecular flexibility index (Phi) is 2.68. The SMILES string of the molecule is CC(C)(C)Oc1cncc2c1CCCC2. The Bertz CT molecular complexity index is 352. The zero-order valence-corrected chi connectivity index (χ0v) is 9.84. The number of hydrogen-bond donors (Lipinski definition) is 0. The average Bonchev–Trinajstić information content (AvgIpc) is 2.16. The number of nitrogens with zero attached hydrogens (tertiary/aromatic N) is 1. The Balaban J connectivity index is 2.31. The van der Waals surface area contributed by atoms with Crippen LogP contribution in [0.5, 0.6) is 5.75 Å². The first-order chi connectivity index (χ1) is 7.06. The molecule has 1 aromatic heterocycles. The Morgan fingerprint density at radius 3 is 2.60 bits per heavy atom. The summed E-state index contributed by atoms with van der Waals surface area (Å²) in [6.45, 7) is 6.24. The van der Waals surface area contributed by atoms with Crippen LogP contribution in [0.2, 0.25) is 0 Å². The van der Waals surface area contributed by atoms with Crippen molar-refractivity contribution in [3.05, 3.63) is 23.5 Å². The van der Waals surface area contributed by atoms with E-state index in [0.717, 1.165) is 18.6 Å². The molecule has 0 saturated heterocycles. The zero-order chi connectivity index (χ0) is 10.9. The summed E-state index contributed by atoms with van der Waals surface area (Å²) in [6.07, 6.45) is 8.71. The van der Waals surface area contributed by atoms with Crippen molar-refractivity contribution in [2.24, 2.45) is 0 Å². The molecular weight excluding hydrogens is 186 g/mol. The van der Waals surface area contributed by atoms with Crippen LogP contribution in [0.3, 0.4) is 0 Å². The zero-order valence-electron chi connectivity index (χ0n) is 9.84. The maximum atomic E-state index is 5.94. The van der Waals surface area contributed by atoms with Gasteiger partial charge in [0.15, 0.2) is 0 Å². The highest BCUT2D eigenvalue weighted by Gasteiger charge is 2.18. The highest BCUT2D eigenvalue weighted by Crippen LogP contribution is 2.30. The van der Waals surface area contributed by atoms with Gasteiger partial charge in [0.1, 0.15) is 11.4 Å². The molecule has 0 radical (unpaired) electrons. The second kappa shape index (κ2) is 3.84. The molecule has 0 N–H and O–H groups in total. The van der Waals surface area contributed by atoms with E-state index >= 15 is 0 Å². The lowest BCUT2D eigenvalue weighted by atomic mass is 9.93. The van der Waals surface area contributed by atoms with Gasteiger partial charge in [-0.3, -0.25) is 4.98 Å². The summed E-state index contributed by atoms with van der Waals surface area (Å²) in [6, 6.07) is 0. The van der Waals surface area contributed by atoms with Crippen LogP contribution in [-0.4, -0.2) is 10.6 Å². The molecule has 2 nitrogen and oxygen atoms in total. The lowest BCUT2D eigenvalue weighted by molar-refractivity contribution is 0.128. The van der Waals surface area contributed by atoms with E-state index in [0.29, 0.717) is 0 Å². The standard InChI is InChI=1S/C13H19NO/c1-13(2,3)15-12-9-14-8-10-6-4-5-7-11(10)12/h8-9H,4-7H2,1-3H3. The minimum atomic E-state index is -0.131. The van der Waals surface area contributed by atoms with Gasteiger partial charge in [0.25, 0.3) is 0 Å². The molecule has 0 fully saturated rings. The number of pyridine rings is 1. The summed E-state index contributed by atoms with van der Waals surface area (Å²) < 4.78 is 5.94. The van der Waals surface area contributed by atoms with Gasteiger partial charge in [0, 0.05) is 11.8 Å². The van der Waals surface area contributed by atoms with E-state index in [-0.39, 0.29) is 5.60 Å². The fourth-order valence-electron chi connectivity index (χ4n) is 2.04. The minimum absolute atomic E-state index is 0.131. The topological polar surface area (TPSA) is 22.1 Å². The van der Waals surface area contributed by atoms with Crippen molar-refractivity contribution in [3.63, 3.8) is 0 Å². The molecule has 15 heavy (non-hydrogen) atoms. The van der Waals surface area contributed by atoms with Crippen LogP contribution in [0.25, 0.3) is 0 Å². The van der Waals surface area contributed by atoms with Gasteiger partial charge in [0.05, 0.1) is 6.20 Å². The van der Waals surface area contributed by atoms with E-state index in [2.05, 4.69) is 25.8 Å². The fourth-order valence-corrected chi connectivity index (χ4v) is 2.04. The van der Waals surface area contributed by atoms with Gasteiger partial charge in [-0.25, -0.2) is 0 Å². The highest BCUT2D eigenvalue weighted by molar-refractivity contribution is 5.38. The molecule has 1 aromatic rings. The normalized spacial score (nSPS) is 15.9. The maximum absolute atomic E-state index is 5.94. The van der Waals surface area contributed by atoms with Gasteiger partial charge < -0.3 is 4.74 Å². The van der Waals surface area contributed by atoms with Crippen LogP contribution in [0.1, 0.15) is 44.7 Å². The van der Waals surface area contributed by atoms with Gasteiger partial charge in [-0.05, 0) is 52.0 Å². The van der Waals surface area contributed by atoms with E-state index in [1.807, 2.05) is 12.4 Å². The third-order valence-electron chi connectivity index (χ3n) is 2.65. The van der Waals surface area contributed by atoms with Gasteiger partial charge in [-0.15, -0.1) is 0 Å². The van der Waals surface area contributed by atoms with E-state index < -0.39 is 0 Å². The molecule has 0 aliphatic heterocycles. The van der Waals surface area contributed by atoms with Crippen molar-refractivity contribution in [2.45, 2.75) is 52.1 Å². The summed E-state index contributed by atoms with van der Waals surface area (Å²) in [5.41, 5.74) is 2.63. The summed E-state index contributed by atoms with van der Waals surface area (Å²) in [7, 11) is 0. The molecule has 0 saturated carbocycles. The van der Waals surface area contributed by atoms with Crippen LogP contribution in [0, 0.1) is 0 Å². The first-order valence-electron chi connectivity index (χ1n) is 5.71. The molecule has 0 amide bonds. The fraction of sp³-hybridized carbons (Fsp3) is 0.615. The molecule has 1 heterocycles. The van der Waals surface area contributed by atoms with Crippen LogP contribution in [0.15, 0.2) is 12.4 Å². The lowest BCUT2D eigenvalue weighted by Crippen LogP contribution is -2.24. The van der Waals surface area contributed by atoms with E-state index in [1.54, 1.807) is 0 Å². The molecule has 2 rings (SSSR count). The van der Waals surface area contributed by atoms with Crippen molar-refractivity contribution in [1.82, 2.24) is 4.98 Å². The summed E-state index contributed by atoms with van der Waals surface area (Å²) >= 11 is 0. The summed E-state index contributed by atoms with van der Waals surface area (Å²) in [5.74, 6) is 0.986. The monoisotopic (exact) mass is 205 g/mol. The molecule has 1 aliphatic carbocycles. The van der Waals surface area contributed by atoms with Gasteiger partial charge in [-0.2, -0.15) is 0 Å². The predicted octanol–water partition coefficient (Wildman–Crippen LogP) is 3.14. The molecule has 0 spiro atoms. The molecular formula is C13H19NO. The van der Waals surface area contributed by atoms with E-state index in [9.17, 15) is 0 Å². The first kappa shape index (κ1) is 10.5. The number of fused-ring (bicyclic) bond motifs is 1. The second-order valence-corrected chi connectivity index (χ2v) is 5.20. The number of ether oxygens (including phenoxy) is 1. The average molecular weight is 205 g/mol. The van der Waals surface area contributed by atoms with Gasteiger partial charge >= 0.3 is 0 Å². The third kappa shape index (κ3) is 2.49. The predicted molar refractivity (Wildman–Crippen MR) is 61.3 cm³/mol. The molecule has 2 heteroatoms. The Hall–Kier alpha value is -1.05. The first-order valence-corrected chi connectivity index (χ1v) is 5.71. The van der Waals surface area contributed by atoms with Crippen LogP contribution in [-0.2, 0) is 12.8 Å². The van der Waals surface area contributed by atoms with Crippen molar-refractivity contribution >= 4 is 0 Å². The number of aromatic nitrogens is 1. The molecule has 0 bridgehead atoms. The second-order valence-electron chi connectivity index (χ2n) is 5.20. The summed E-state index contributed by atoms with van der Waals surface area (Å²) in [5, 5.41) is 0. The van der Waals surface area contributed by atoms with Crippen molar-refractivity contribution in [2.75, 3.05) is 0 Å². The molecule has 1 aliphatic rings. The van der Waals surface area contributed by atoms with Crippen LogP contribution >= 0.6 is 0 Å². The Morgan fingerprint density at radius 2 is 1.87 bits per heavy atom. The molecule has 0 aromatic carbocycles. The number of hydrogen-bond acceptors (Lipinski definition) is 2. The highest BCUT2D eigenvalue weighted by atomic mass is 16.5. The van der Waals surface area contributed by atoms with Crippen molar-refractivity contribution < 1.29 is 4.74 Å². The van der Waals surface area contributed by atoms with Gasteiger partial charge in [0.2, 0.25) is 0 Å². The third-order valence-corrected chi connectivity index (χ3v) is 2.65. The minimum Gasteiger partial charge on any atom is -0.486 e. The molecule has 82 valence electrons. The lowest BCUT2D eigenvalue weighted by Gasteiger charge is -2.25. The van der Waals surface area contributed by atoms with Gasteiger partial charge in [-0.1, -0.05) is 0 Å². The van der Waals surface area contributed by atoms with Crippen LogP contribution < -0.4 is 4.74 Å². The summed E-state index contributed by atoms with van der Waals surface area (Å²) in [4.78, 5) is 4.26. The van der Waals surface area contributed by atoms with Crippen LogP contribution in [0.4, 0.5) is 0 Å². The number of aryl methyl sites for hydroxylation is 1. The number of rotatable bonds is 1. The molecule has 0 unspecified atom stereocenters. The smallest absolute Gasteiger partial charge is 0.141 e. The largest absolute Gasteiger partial charge is 0.486 e. The Labute approximate surface area is 91.7 Å². The van der Waals surface area contributed by atoms with Crippen molar-refractivity contribution in [3.8, 4) is 5.75 Å². The quantitative estimate of drug-likeness (QED) is 0.702. The van der Waals surface area contributed by atoms with Crippen molar-refractivity contribution in [1.29, 1.82) is 0 Å². The maximum Gasteiger partial charge on any atom is 0.141 e. The van der Waals surface area contributed by atoms with E-state index in [4.69, 9.17) is 4.74 Å². The Morgan fingerprint density at radius 1 is 1.13 bits per heavy atom. The molecule has 0 atom stereocenters. The van der Waals surface area contributed by atoms with E-state index in [1.165, 1.54) is 24.0 Å².